The van der Waals surface area contributed by atoms with Gasteiger partial charge in [-0.05, 0) is 12.8 Å². The molecule has 1 saturated heterocycles. The number of carbonyl (C=O) groups is 1. The minimum Gasteiger partial charge on any atom is -0.351 e. The molecule has 1 saturated carbocycles. The lowest BCUT2D eigenvalue weighted by molar-refractivity contribution is 0.216. The van der Waals surface area contributed by atoms with Crippen molar-refractivity contribution in [3.05, 3.63) is 0 Å². The summed E-state index contributed by atoms with van der Waals surface area (Å²) in [7, 11) is -3.15. The second-order valence-electron chi connectivity index (χ2n) is 4.52. The number of rotatable bonds is 2. The van der Waals surface area contributed by atoms with E-state index in [2.05, 4.69) is 4.72 Å². The molecule has 3 N–H and O–H groups in total. The molecule has 1 aliphatic heterocycles. The van der Waals surface area contributed by atoms with Crippen LogP contribution in [-0.4, -0.2) is 44.7 Å². The molecule has 1 aliphatic carbocycles. The maximum absolute atomic E-state index is 11.0. The average Bonchev–Trinajstić information content (AvgIpc) is 2.56. The highest BCUT2D eigenvalue weighted by atomic mass is 32.2. The van der Waals surface area contributed by atoms with Gasteiger partial charge in [-0.3, -0.25) is 0 Å². The Kier molecular flexibility index (Phi) is 2.20. The molecule has 2 unspecified atom stereocenters. The molecule has 6 nitrogen and oxygen atoms in total. The van der Waals surface area contributed by atoms with E-state index in [4.69, 9.17) is 5.73 Å². The number of carbonyl (C=O) groups excluding carboxylic acids is 1. The third-order valence-electron chi connectivity index (χ3n) is 3.24. The van der Waals surface area contributed by atoms with Crippen molar-refractivity contribution in [1.82, 2.24) is 9.62 Å². The van der Waals surface area contributed by atoms with Crippen LogP contribution in [0.25, 0.3) is 0 Å². The van der Waals surface area contributed by atoms with Crippen molar-refractivity contribution in [2.75, 3.05) is 19.3 Å². The van der Waals surface area contributed by atoms with E-state index in [0.717, 1.165) is 19.1 Å². The minimum absolute atomic E-state index is 0.0168. The summed E-state index contributed by atoms with van der Waals surface area (Å²) in [6.45, 7) is 1.22. The Morgan fingerprint density at radius 3 is 2.73 bits per heavy atom. The summed E-state index contributed by atoms with van der Waals surface area (Å²) in [5.74, 6) is 0. The van der Waals surface area contributed by atoms with Crippen LogP contribution in [0.5, 0.6) is 0 Å². The first-order valence-corrected chi connectivity index (χ1v) is 6.73. The van der Waals surface area contributed by atoms with Crippen molar-refractivity contribution in [2.24, 2.45) is 11.1 Å². The fourth-order valence-electron chi connectivity index (χ4n) is 2.31. The van der Waals surface area contributed by atoms with Gasteiger partial charge in [-0.25, -0.2) is 17.9 Å². The zero-order chi connectivity index (χ0) is 11.3. The predicted octanol–water partition coefficient (Wildman–Crippen LogP) is -0.921. The van der Waals surface area contributed by atoms with Crippen molar-refractivity contribution in [1.29, 1.82) is 0 Å². The molecule has 7 heteroatoms. The summed E-state index contributed by atoms with van der Waals surface area (Å²) in [6, 6.07) is -0.436. The van der Waals surface area contributed by atoms with Gasteiger partial charge in [0.25, 0.3) is 0 Å². The standard InChI is InChI=1S/C8H15N3O3S/c1-15(13,14)10-6-4-8(6)2-3-11(5-8)7(9)12/h6,10H,2-5H2,1H3,(H2,9,12). The van der Waals surface area contributed by atoms with Gasteiger partial charge in [0.05, 0.1) is 6.26 Å². The Bertz CT molecular complexity index is 394. The number of nitrogens with two attached hydrogens (primary N) is 1. The van der Waals surface area contributed by atoms with E-state index < -0.39 is 16.1 Å². The van der Waals surface area contributed by atoms with E-state index in [0.29, 0.717) is 13.1 Å². The van der Waals surface area contributed by atoms with Crippen molar-refractivity contribution >= 4 is 16.1 Å². The molecule has 0 radical (unpaired) electrons. The summed E-state index contributed by atoms with van der Waals surface area (Å²) in [4.78, 5) is 12.5. The monoisotopic (exact) mass is 233 g/mol. The molecular formula is C8H15N3O3S. The second-order valence-corrected chi connectivity index (χ2v) is 6.30. The van der Waals surface area contributed by atoms with Gasteiger partial charge in [-0.2, -0.15) is 0 Å². The molecule has 0 aromatic heterocycles. The molecule has 2 fully saturated rings. The van der Waals surface area contributed by atoms with Crippen LogP contribution in [-0.2, 0) is 10.0 Å². The average molecular weight is 233 g/mol. The van der Waals surface area contributed by atoms with Gasteiger partial charge in [0.1, 0.15) is 0 Å². The van der Waals surface area contributed by atoms with Crippen LogP contribution < -0.4 is 10.5 Å². The van der Waals surface area contributed by atoms with Crippen LogP contribution in [0.2, 0.25) is 0 Å². The minimum atomic E-state index is -3.15. The van der Waals surface area contributed by atoms with Crippen molar-refractivity contribution in [3.8, 4) is 0 Å². The number of nitrogens with zero attached hydrogens (tertiary/aromatic N) is 1. The first-order valence-electron chi connectivity index (χ1n) is 4.84. The van der Waals surface area contributed by atoms with E-state index in [1.165, 1.54) is 0 Å². The highest BCUT2D eigenvalue weighted by Crippen LogP contribution is 2.53. The lowest BCUT2D eigenvalue weighted by Crippen LogP contribution is -2.35. The molecule has 1 heterocycles. The Labute approximate surface area is 88.9 Å². The quantitative estimate of drug-likeness (QED) is 0.646. The number of likely N-dealkylation sites (tertiary alicyclic amines) is 1. The van der Waals surface area contributed by atoms with Gasteiger partial charge in [-0.1, -0.05) is 0 Å². The highest BCUT2D eigenvalue weighted by Gasteiger charge is 2.58. The molecule has 86 valence electrons. The van der Waals surface area contributed by atoms with E-state index in [1.54, 1.807) is 4.90 Å². The predicted molar refractivity (Wildman–Crippen MR) is 54.6 cm³/mol. The number of hydrogen-bond acceptors (Lipinski definition) is 3. The lowest BCUT2D eigenvalue weighted by Gasteiger charge is -2.13. The maximum Gasteiger partial charge on any atom is 0.314 e. The molecule has 1 spiro atoms. The molecule has 15 heavy (non-hydrogen) atoms. The fraction of sp³-hybridized carbons (Fsp3) is 0.875. The van der Waals surface area contributed by atoms with Crippen LogP contribution in [0.4, 0.5) is 4.79 Å². The third-order valence-corrected chi connectivity index (χ3v) is 3.96. The number of sulfonamides is 1. The maximum atomic E-state index is 11.0. The highest BCUT2D eigenvalue weighted by molar-refractivity contribution is 7.88. The Balaban J connectivity index is 1.96. The number of primary amides is 1. The molecular weight excluding hydrogens is 218 g/mol. The number of urea groups is 1. The van der Waals surface area contributed by atoms with Crippen LogP contribution >= 0.6 is 0 Å². The topological polar surface area (TPSA) is 92.5 Å². The summed E-state index contributed by atoms with van der Waals surface area (Å²) in [5, 5.41) is 0. The molecule has 0 bridgehead atoms. The van der Waals surface area contributed by atoms with Crippen LogP contribution in [0.15, 0.2) is 0 Å². The largest absolute Gasteiger partial charge is 0.351 e. The Morgan fingerprint density at radius 2 is 2.27 bits per heavy atom. The van der Waals surface area contributed by atoms with Crippen molar-refractivity contribution < 1.29 is 13.2 Å². The van der Waals surface area contributed by atoms with Gasteiger partial charge < -0.3 is 10.6 Å². The third kappa shape index (κ3) is 2.07. The van der Waals surface area contributed by atoms with Crippen LogP contribution in [0.3, 0.4) is 0 Å². The van der Waals surface area contributed by atoms with Gasteiger partial charge in [0, 0.05) is 24.5 Å². The van der Waals surface area contributed by atoms with E-state index >= 15 is 0 Å². The summed E-state index contributed by atoms with van der Waals surface area (Å²) in [6.07, 6.45) is 2.80. The first-order chi connectivity index (χ1) is 6.82. The van der Waals surface area contributed by atoms with Gasteiger partial charge in [0.15, 0.2) is 0 Å². The Morgan fingerprint density at radius 1 is 1.60 bits per heavy atom. The zero-order valence-electron chi connectivity index (χ0n) is 8.56. The fourth-order valence-corrected chi connectivity index (χ4v) is 3.16. The number of amides is 2. The SMILES string of the molecule is CS(=O)(=O)NC1CC12CCN(C(N)=O)C2. The van der Waals surface area contributed by atoms with E-state index in [9.17, 15) is 13.2 Å². The summed E-state index contributed by atoms with van der Waals surface area (Å²) >= 11 is 0. The van der Waals surface area contributed by atoms with Crippen LogP contribution in [0, 0.1) is 5.41 Å². The summed E-state index contributed by atoms with van der Waals surface area (Å²) in [5.41, 5.74) is 5.12. The second kappa shape index (κ2) is 3.08. The number of hydrogen-bond donors (Lipinski definition) is 2. The first kappa shape index (κ1) is 10.7. The van der Waals surface area contributed by atoms with E-state index in [-0.39, 0.29) is 11.5 Å². The molecule has 2 rings (SSSR count). The zero-order valence-corrected chi connectivity index (χ0v) is 9.38. The molecule has 2 aliphatic rings. The van der Waals surface area contributed by atoms with Crippen molar-refractivity contribution in [2.45, 2.75) is 18.9 Å². The summed E-state index contributed by atoms with van der Waals surface area (Å²) < 4.78 is 24.6. The molecule has 2 atom stereocenters. The molecule has 0 aromatic rings. The Hall–Kier alpha value is -0.820. The molecule has 2 amide bonds. The van der Waals surface area contributed by atoms with Crippen LogP contribution in [0.1, 0.15) is 12.8 Å². The molecule has 0 aromatic carbocycles. The number of nitrogens with one attached hydrogen (secondary N) is 1. The van der Waals surface area contributed by atoms with Gasteiger partial charge in [0.2, 0.25) is 10.0 Å². The van der Waals surface area contributed by atoms with E-state index in [1.807, 2.05) is 0 Å². The normalized spacial score (nSPS) is 34.7. The smallest absolute Gasteiger partial charge is 0.314 e. The van der Waals surface area contributed by atoms with Gasteiger partial charge >= 0.3 is 6.03 Å². The van der Waals surface area contributed by atoms with Gasteiger partial charge in [-0.15, -0.1) is 0 Å². The van der Waals surface area contributed by atoms with Crippen molar-refractivity contribution in [3.63, 3.8) is 0 Å². The lowest BCUT2D eigenvalue weighted by atomic mass is 10.1.